The summed E-state index contributed by atoms with van der Waals surface area (Å²) in [6.45, 7) is 8.17. The summed E-state index contributed by atoms with van der Waals surface area (Å²) in [7, 11) is 0. The Balaban J connectivity index is 1.33. The van der Waals surface area contributed by atoms with Gasteiger partial charge in [-0.05, 0) is 19.9 Å². The van der Waals surface area contributed by atoms with E-state index in [2.05, 4.69) is 39.7 Å². The van der Waals surface area contributed by atoms with Gasteiger partial charge < -0.3 is 9.80 Å². The Labute approximate surface area is 155 Å². The van der Waals surface area contributed by atoms with Crippen molar-refractivity contribution in [3.8, 4) is 5.82 Å². The molecule has 2 saturated heterocycles. The Morgan fingerprint density at radius 3 is 2.23 bits per heavy atom. The molecule has 0 bridgehead atoms. The molecule has 5 rings (SSSR count). The molecule has 8 nitrogen and oxygen atoms in total. The maximum Gasteiger partial charge on any atom is 0.162 e. The molecule has 0 aromatic carbocycles. The third kappa shape index (κ3) is 2.63. The molecule has 2 atom stereocenters. The minimum Gasteiger partial charge on any atom is -0.356 e. The van der Waals surface area contributed by atoms with Crippen LogP contribution < -0.4 is 9.80 Å². The van der Waals surface area contributed by atoms with Crippen molar-refractivity contribution in [2.75, 3.05) is 36.0 Å². The summed E-state index contributed by atoms with van der Waals surface area (Å²) < 4.78 is 10.4. The van der Waals surface area contributed by atoms with Gasteiger partial charge in [-0.2, -0.15) is 13.8 Å². The number of aromatic nitrogens is 6. The minimum atomic E-state index is 0.642. The number of hydrogen-bond donors (Lipinski definition) is 0. The van der Waals surface area contributed by atoms with Crippen LogP contribution in [-0.2, 0) is 0 Å². The molecule has 3 aromatic rings. The molecule has 5 heterocycles. The van der Waals surface area contributed by atoms with Crippen molar-refractivity contribution in [2.24, 2.45) is 11.8 Å². The molecule has 2 unspecified atom stereocenters. The maximum absolute atomic E-state index is 4.53. The van der Waals surface area contributed by atoms with Crippen molar-refractivity contribution in [1.29, 1.82) is 0 Å². The number of anilines is 2. The molecule has 3 aromatic heterocycles. The van der Waals surface area contributed by atoms with Gasteiger partial charge in [0.2, 0.25) is 0 Å². The third-order valence-electron chi connectivity index (χ3n) is 5.35. The highest BCUT2D eigenvalue weighted by Gasteiger charge is 2.41. The lowest BCUT2D eigenvalue weighted by molar-refractivity contribution is 0.533. The molecule has 0 amide bonds. The van der Waals surface area contributed by atoms with Crippen LogP contribution >= 0.6 is 11.7 Å². The lowest BCUT2D eigenvalue weighted by Crippen LogP contribution is -2.29. The molecule has 2 aliphatic heterocycles. The SMILES string of the molecule is Cc1cc(C)n(-c2cc(N3CC4CN(c5cnsn5)CC4C3)ncn2)n1. The van der Waals surface area contributed by atoms with Crippen molar-refractivity contribution < 1.29 is 0 Å². The fourth-order valence-corrected chi connectivity index (χ4v) is 4.59. The smallest absolute Gasteiger partial charge is 0.162 e. The van der Waals surface area contributed by atoms with Crippen LogP contribution in [0, 0.1) is 25.7 Å². The Hall–Kier alpha value is -2.55. The van der Waals surface area contributed by atoms with Gasteiger partial charge in [0.05, 0.1) is 23.6 Å². The van der Waals surface area contributed by atoms with Gasteiger partial charge in [-0.15, -0.1) is 0 Å². The highest BCUT2D eigenvalue weighted by Crippen LogP contribution is 2.35. The number of fused-ring (bicyclic) bond motifs is 1. The van der Waals surface area contributed by atoms with Crippen molar-refractivity contribution >= 4 is 23.4 Å². The van der Waals surface area contributed by atoms with Crippen LogP contribution in [0.5, 0.6) is 0 Å². The second-order valence-electron chi connectivity index (χ2n) is 7.17. The second-order valence-corrected chi connectivity index (χ2v) is 7.73. The van der Waals surface area contributed by atoms with Crippen molar-refractivity contribution in [3.05, 3.63) is 36.0 Å². The lowest BCUT2D eigenvalue weighted by atomic mass is 10.0. The molecule has 0 spiro atoms. The molecule has 2 aliphatic rings. The van der Waals surface area contributed by atoms with Crippen molar-refractivity contribution in [3.63, 3.8) is 0 Å². The van der Waals surface area contributed by atoms with E-state index >= 15 is 0 Å². The topological polar surface area (TPSA) is 75.9 Å². The normalized spacial score (nSPS) is 22.2. The van der Waals surface area contributed by atoms with Crippen molar-refractivity contribution in [1.82, 2.24) is 28.5 Å². The molecule has 0 N–H and O–H groups in total. The predicted molar refractivity (Wildman–Crippen MR) is 99.9 cm³/mol. The lowest BCUT2D eigenvalue weighted by Gasteiger charge is -2.22. The summed E-state index contributed by atoms with van der Waals surface area (Å²) in [4.78, 5) is 13.7. The van der Waals surface area contributed by atoms with E-state index in [0.717, 1.165) is 55.0 Å². The van der Waals surface area contributed by atoms with E-state index in [9.17, 15) is 0 Å². The molecule has 134 valence electrons. The fraction of sp³-hybridized carbons (Fsp3) is 0.471. The van der Waals surface area contributed by atoms with E-state index in [-0.39, 0.29) is 0 Å². The minimum absolute atomic E-state index is 0.642. The zero-order valence-electron chi connectivity index (χ0n) is 14.8. The summed E-state index contributed by atoms with van der Waals surface area (Å²) in [5.74, 6) is 4.11. The summed E-state index contributed by atoms with van der Waals surface area (Å²) >= 11 is 1.28. The molecule has 2 fully saturated rings. The number of hydrogen-bond acceptors (Lipinski definition) is 8. The largest absolute Gasteiger partial charge is 0.356 e. The first-order valence-electron chi connectivity index (χ1n) is 8.80. The summed E-state index contributed by atoms with van der Waals surface area (Å²) in [5, 5.41) is 4.53. The summed E-state index contributed by atoms with van der Waals surface area (Å²) in [6.07, 6.45) is 3.51. The van der Waals surface area contributed by atoms with Crippen LogP contribution in [0.3, 0.4) is 0 Å². The van der Waals surface area contributed by atoms with Crippen LogP contribution in [0.25, 0.3) is 5.82 Å². The molecule has 9 heteroatoms. The quantitative estimate of drug-likeness (QED) is 0.696. The number of aryl methyl sites for hydroxylation is 2. The van der Waals surface area contributed by atoms with Crippen molar-refractivity contribution in [2.45, 2.75) is 13.8 Å². The highest BCUT2D eigenvalue weighted by atomic mass is 32.1. The van der Waals surface area contributed by atoms with Gasteiger partial charge in [-0.3, -0.25) is 0 Å². The van der Waals surface area contributed by atoms with Crippen LogP contribution in [0.1, 0.15) is 11.4 Å². The van der Waals surface area contributed by atoms with E-state index in [4.69, 9.17) is 0 Å². The van der Waals surface area contributed by atoms with E-state index in [1.165, 1.54) is 11.7 Å². The molecule has 0 saturated carbocycles. The first-order valence-corrected chi connectivity index (χ1v) is 9.53. The van der Waals surface area contributed by atoms with Gasteiger partial charge in [0.1, 0.15) is 12.1 Å². The van der Waals surface area contributed by atoms with Crippen LogP contribution in [-0.4, -0.2) is 54.7 Å². The Kier molecular flexibility index (Phi) is 3.63. The van der Waals surface area contributed by atoms with Gasteiger partial charge in [0.15, 0.2) is 11.6 Å². The van der Waals surface area contributed by atoms with Gasteiger partial charge in [-0.25, -0.2) is 14.6 Å². The maximum atomic E-state index is 4.53. The number of rotatable bonds is 3. The van der Waals surface area contributed by atoms with Crippen LogP contribution in [0.2, 0.25) is 0 Å². The molecular formula is C17H20N8S. The van der Waals surface area contributed by atoms with E-state index in [0.29, 0.717) is 11.8 Å². The summed E-state index contributed by atoms with van der Waals surface area (Å²) in [6, 6.07) is 4.10. The van der Waals surface area contributed by atoms with Gasteiger partial charge in [0.25, 0.3) is 0 Å². The Bertz CT molecular complexity index is 907. The van der Waals surface area contributed by atoms with E-state index in [1.54, 1.807) is 6.33 Å². The third-order valence-corrected chi connectivity index (χ3v) is 5.82. The average Bonchev–Trinajstić information content (AvgIpc) is 3.37. The molecule has 0 aliphatic carbocycles. The molecule has 0 radical (unpaired) electrons. The van der Waals surface area contributed by atoms with Gasteiger partial charge in [-0.1, -0.05) is 0 Å². The van der Waals surface area contributed by atoms with Crippen LogP contribution in [0.15, 0.2) is 24.7 Å². The number of nitrogens with zero attached hydrogens (tertiary/aromatic N) is 8. The zero-order chi connectivity index (χ0) is 17.7. The van der Waals surface area contributed by atoms with Gasteiger partial charge in [0, 0.05) is 49.8 Å². The molecular weight excluding hydrogens is 348 g/mol. The van der Waals surface area contributed by atoms with Crippen LogP contribution in [0.4, 0.5) is 11.6 Å². The highest BCUT2D eigenvalue weighted by molar-refractivity contribution is 6.99. The van der Waals surface area contributed by atoms with Gasteiger partial charge >= 0.3 is 0 Å². The standard InChI is InChI=1S/C17H20N8S/c1-11-3-12(2)25(21-11)16-4-15(18-10-19-16)23-6-13-8-24(9-14(13)7-23)17-5-20-26-22-17/h3-5,10,13-14H,6-9H2,1-2H3. The first-order chi connectivity index (χ1) is 12.7. The second kappa shape index (κ2) is 6.01. The zero-order valence-corrected chi connectivity index (χ0v) is 15.6. The average molecular weight is 368 g/mol. The Morgan fingerprint density at radius 2 is 1.62 bits per heavy atom. The monoisotopic (exact) mass is 368 g/mol. The fourth-order valence-electron chi connectivity index (χ4n) is 4.15. The van der Waals surface area contributed by atoms with E-state index < -0.39 is 0 Å². The summed E-state index contributed by atoms with van der Waals surface area (Å²) in [5.41, 5.74) is 2.08. The Morgan fingerprint density at radius 1 is 0.923 bits per heavy atom. The predicted octanol–water partition coefficient (Wildman–Crippen LogP) is 1.70. The van der Waals surface area contributed by atoms with E-state index in [1.807, 2.05) is 30.8 Å². The molecule has 26 heavy (non-hydrogen) atoms. The first kappa shape index (κ1) is 15.7.